The lowest BCUT2D eigenvalue weighted by Gasteiger charge is -1.91. The summed E-state index contributed by atoms with van der Waals surface area (Å²) in [5.74, 6) is 0.237. The first-order valence-electron chi connectivity index (χ1n) is 4.33. The maximum atomic E-state index is 8.48. The van der Waals surface area contributed by atoms with Gasteiger partial charge in [-0.05, 0) is 29.7 Å². The van der Waals surface area contributed by atoms with Gasteiger partial charge >= 0.3 is 0 Å². The molecule has 2 aromatic rings. The van der Waals surface area contributed by atoms with Crippen LogP contribution in [0.15, 0.2) is 33.9 Å². The molecule has 2 rings (SSSR count). The fourth-order valence-corrected chi connectivity index (χ4v) is 2.81. The van der Waals surface area contributed by atoms with Gasteiger partial charge in [0, 0.05) is 20.5 Å². The molecule has 0 aliphatic carbocycles. The lowest BCUT2D eigenvalue weighted by Crippen LogP contribution is -2.13. The fraction of sp³-hybridized carbons (Fsp3) is 0.100. The van der Waals surface area contributed by atoms with Gasteiger partial charge in [0.25, 0.3) is 0 Å². The van der Waals surface area contributed by atoms with E-state index in [0.717, 1.165) is 9.35 Å². The van der Waals surface area contributed by atoms with E-state index in [9.17, 15) is 0 Å². The van der Waals surface area contributed by atoms with Gasteiger partial charge in [-0.1, -0.05) is 21.1 Å². The molecule has 78 valence electrons. The normalized spacial score (nSPS) is 12.2. The van der Waals surface area contributed by atoms with Crippen LogP contribution in [0.1, 0.15) is 4.88 Å². The van der Waals surface area contributed by atoms with Crippen molar-refractivity contribution < 1.29 is 5.21 Å². The second-order valence-corrected chi connectivity index (χ2v) is 5.25. The Bertz CT molecular complexity index is 521. The Hall–Kier alpha value is -1.07. The number of oxime groups is 1. The molecular weight excluding hydrogens is 276 g/mol. The van der Waals surface area contributed by atoms with Gasteiger partial charge in [-0.15, -0.1) is 11.3 Å². The molecule has 0 spiro atoms. The first kappa shape index (κ1) is 10.4. The number of hydrogen-bond donors (Lipinski definition) is 2. The number of halogens is 1. The smallest absolute Gasteiger partial charge is 0.144 e. The fourth-order valence-electron chi connectivity index (χ4n) is 1.37. The number of benzene rings is 1. The molecule has 0 aliphatic rings. The quantitative estimate of drug-likeness (QED) is 0.386. The number of fused-ring (bicyclic) bond motifs is 1. The first-order valence-corrected chi connectivity index (χ1v) is 5.94. The SMILES string of the molecule is NC(Cc1cc2cc(Br)ccc2s1)=NO. The zero-order chi connectivity index (χ0) is 10.8. The van der Waals surface area contributed by atoms with E-state index in [1.54, 1.807) is 11.3 Å². The summed E-state index contributed by atoms with van der Waals surface area (Å²) in [6, 6.07) is 8.18. The van der Waals surface area contributed by atoms with E-state index >= 15 is 0 Å². The number of hydrogen-bond acceptors (Lipinski definition) is 3. The van der Waals surface area contributed by atoms with Gasteiger partial charge in [0.1, 0.15) is 5.84 Å². The van der Waals surface area contributed by atoms with Crippen molar-refractivity contribution in [3.05, 3.63) is 33.6 Å². The Balaban J connectivity index is 2.39. The highest BCUT2D eigenvalue weighted by molar-refractivity contribution is 9.10. The summed E-state index contributed by atoms with van der Waals surface area (Å²) >= 11 is 5.08. The van der Waals surface area contributed by atoms with E-state index in [4.69, 9.17) is 10.9 Å². The minimum atomic E-state index is 0.237. The van der Waals surface area contributed by atoms with Crippen LogP contribution in [0.4, 0.5) is 0 Å². The molecule has 0 radical (unpaired) electrons. The van der Waals surface area contributed by atoms with Gasteiger partial charge in [-0.3, -0.25) is 0 Å². The highest BCUT2D eigenvalue weighted by Gasteiger charge is 2.04. The average molecular weight is 285 g/mol. The maximum absolute atomic E-state index is 8.48. The summed E-state index contributed by atoms with van der Waals surface area (Å²) in [7, 11) is 0. The molecule has 5 heteroatoms. The molecule has 0 unspecified atom stereocenters. The summed E-state index contributed by atoms with van der Waals surface area (Å²) in [5, 5.41) is 12.6. The van der Waals surface area contributed by atoms with Crippen LogP contribution in [-0.2, 0) is 6.42 Å². The van der Waals surface area contributed by atoms with Crippen LogP contribution in [-0.4, -0.2) is 11.0 Å². The number of thiophene rings is 1. The van der Waals surface area contributed by atoms with E-state index in [-0.39, 0.29) is 5.84 Å². The number of nitrogens with zero attached hydrogens (tertiary/aromatic N) is 1. The van der Waals surface area contributed by atoms with Crippen molar-refractivity contribution in [2.24, 2.45) is 10.9 Å². The summed E-state index contributed by atoms with van der Waals surface area (Å²) < 4.78 is 2.27. The van der Waals surface area contributed by atoms with Crippen LogP contribution >= 0.6 is 27.3 Å². The molecule has 0 fully saturated rings. The van der Waals surface area contributed by atoms with Gasteiger partial charge in [-0.25, -0.2) is 0 Å². The van der Waals surface area contributed by atoms with E-state index < -0.39 is 0 Å². The highest BCUT2D eigenvalue weighted by Crippen LogP contribution is 2.28. The number of nitrogens with two attached hydrogens (primary N) is 1. The molecule has 0 saturated heterocycles. The molecule has 3 N–H and O–H groups in total. The zero-order valence-corrected chi connectivity index (χ0v) is 10.2. The predicted molar refractivity (Wildman–Crippen MR) is 66.6 cm³/mol. The molecule has 0 bridgehead atoms. The third-order valence-electron chi connectivity index (χ3n) is 2.01. The lowest BCUT2D eigenvalue weighted by molar-refractivity contribution is 0.317. The second-order valence-electron chi connectivity index (χ2n) is 3.16. The minimum Gasteiger partial charge on any atom is -0.409 e. The molecule has 0 saturated carbocycles. The molecule has 1 heterocycles. The topological polar surface area (TPSA) is 58.6 Å². The third-order valence-corrected chi connectivity index (χ3v) is 3.62. The summed E-state index contributed by atoms with van der Waals surface area (Å²) in [4.78, 5) is 1.10. The maximum Gasteiger partial charge on any atom is 0.144 e. The summed E-state index contributed by atoms with van der Waals surface area (Å²) in [6.07, 6.45) is 0.494. The Morgan fingerprint density at radius 2 is 2.27 bits per heavy atom. The second kappa shape index (κ2) is 4.20. The first-order chi connectivity index (χ1) is 7.19. The van der Waals surface area contributed by atoms with Crippen LogP contribution < -0.4 is 5.73 Å². The zero-order valence-electron chi connectivity index (χ0n) is 7.77. The van der Waals surface area contributed by atoms with Crippen LogP contribution in [0.25, 0.3) is 10.1 Å². The summed E-state index contributed by atoms with van der Waals surface area (Å²) in [6.45, 7) is 0. The molecule has 0 amide bonds. The van der Waals surface area contributed by atoms with Crippen molar-refractivity contribution in [1.82, 2.24) is 0 Å². The molecule has 1 aromatic heterocycles. The average Bonchev–Trinajstić information content (AvgIpc) is 2.59. The van der Waals surface area contributed by atoms with Crippen molar-refractivity contribution in [2.45, 2.75) is 6.42 Å². The Kier molecular flexibility index (Phi) is 2.93. The number of amidine groups is 1. The van der Waals surface area contributed by atoms with Crippen molar-refractivity contribution >= 4 is 43.2 Å². The van der Waals surface area contributed by atoms with Gasteiger partial charge < -0.3 is 10.9 Å². The number of rotatable bonds is 2. The van der Waals surface area contributed by atoms with Crippen LogP contribution in [0.2, 0.25) is 0 Å². The van der Waals surface area contributed by atoms with E-state index in [2.05, 4.69) is 39.3 Å². The van der Waals surface area contributed by atoms with Crippen LogP contribution in [0, 0.1) is 0 Å². The predicted octanol–water partition coefficient (Wildman–Crippen LogP) is 2.95. The lowest BCUT2D eigenvalue weighted by atomic mass is 10.2. The van der Waals surface area contributed by atoms with Gasteiger partial charge in [-0.2, -0.15) is 0 Å². The molecule has 0 aliphatic heterocycles. The Morgan fingerprint density at radius 1 is 1.47 bits per heavy atom. The standard InChI is InChI=1S/C10H9BrN2OS/c11-7-1-2-9-6(3-7)4-8(15-9)5-10(12)13-14/h1-4,14H,5H2,(H2,12,13). The van der Waals surface area contributed by atoms with Gasteiger partial charge in [0.2, 0.25) is 0 Å². The van der Waals surface area contributed by atoms with Crippen molar-refractivity contribution in [3.8, 4) is 0 Å². The van der Waals surface area contributed by atoms with E-state index in [0.29, 0.717) is 6.42 Å². The van der Waals surface area contributed by atoms with E-state index in [1.165, 1.54) is 10.1 Å². The monoisotopic (exact) mass is 284 g/mol. The Labute approximate surface area is 99.3 Å². The molecular formula is C10H9BrN2OS. The molecule has 15 heavy (non-hydrogen) atoms. The molecule has 3 nitrogen and oxygen atoms in total. The molecule has 1 aromatic carbocycles. The van der Waals surface area contributed by atoms with Gasteiger partial charge in [0.05, 0.1) is 0 Å². The van der Waals surface area contributed by atoms with Gasteiger partial charge in [0.15, 0.2) is 0 Å². The third kappa shape index (κ3) is 2.30. The van der Waals surface area contributed by atoms with Crippen molar-refractivity contribution in [2.75, 3.05) is 0 Å². The summed E-state index contributed by atoms with van der Waals surface area (Å²) in [5.41, 5.74) is 5.45. The largest absolute Gasteiger partial charge is 0.409 e. The molecule has 0 atom stereocenters. The van der Waals surface area contributed by atoms with Crippen molar-refractivity contribution in [3.63, 3.8) is 0 Å². The van der Waals surface area contributed by atoms with Crippen molar-refractivity contribution in [1.29, 1.82) is 0 Å². The van der Waals surface area contributed by atoms with Crippen LogP contribution in [0.5, 0.6) is 0 Å². The van der Waals surface area contributed by atoms with Crippen LogP contribution in [0.3, 0.4) is 0 Å². The highest BCUT2D eigenvalue weighted by atomic mass is 79.9. The Morgan fingerprint density at radius 3 is 3.00 bits per heavy atom. The van der Waals surface area contributed by atoms with E-state index in [1.807, 2.05) is 6.07 Å². The minimum absolute atomic E-state index is 0.237.